The molecule has 0 spiro atoms. The molecular weight excluding hydrogens is 274 g/mol. The molecule has 0 unspecified atom stereocenters. The van der Waals surface area contributed by atoms with Gasteiger partial charge in [-0.05, 0) is 35.0 Å². The highest BCUT2D eigenvalue weighted by atomic mass is 79.9. The maximum absolute atomic E-state index is 11.9. The second kappa shape index (κ2) is 3.83. The lowest BCUT2D eigenvalue weighted by Gasteiger charge is -2.10. The summed E-state index contributed by atoms with van der Waals surface area (Å²) in [5, 5.41) is 0. The number of hydrogen-bond acceptors (Lipinski definition) is 3. The zero-order valence-electron chi connectivity index (χ0n) is 8.49. The van der Waals surface area contributed by atoms with Gasteiger partial charge in [0.2, 0.25) is 0 Å². The van der Waals surface area contributed by atoms with Crippen molar-refractivity contribution in [3.8, 4) is 0 Å². The molecule has 0 aromatic heterocycles. The monoisotopic (exact) mass is 281 g/mol. The first kappa shape index (κ1) is 11.0. The Bertz CT molecular complexity index is 510. The average Bonchev–Trinajstić information content (AvgIpc) is 2.44. The second-order valence-electron chi connectivity index (χ2n) is 3.56. The summed E-state index contributed by atoms with van der Waals surface area (Å²) in [5.74, 6) is -1.04. The van der Waals surface area contributed by atoms with Crippen LogP contribution in [0.2, 0.25) is 0 Å². The molecule has 1 aromatic carbocycles. The Morgan fingerprint density at radius 3 is 2.56 bits per heavy atom. The third-order valence-corrected chi connectivity index (χ3v) is 2.99. The highest BCUT2D eigenvalue weighted by Crippen LogP contribution is 2.29. The van der Waals surface area contributed by atoms with E-state index in [2.05, 4.69) is 15.9 Å². The zero-order chi connectivity index (χ0) is 11.9. The standard InChI is InChI=1S/C11H8BrNO3/c1-6(14)5-13-10(15)7-3-2-4-8(12)9(7)11(13)16/h2-4H,5H2,1H3. The fourth-order valence-electron chi connectivity index (χ4n) is 1.66. The normalized spacial score (nSPS) is 14.2. The summed E-state index contributed by atoms with van der Waals surface area (Å²) in [5.41, 5.74) is 0.689. The quantitative estimate of drug-likeness (QED) is 0.775. The highest BCUT2D eigenvalue weighted by Gasteiger charge is 2.37. The van der Waals surface area contributed by atoms with Crippen molar-refractivity contribution in [1.29, 1.82) is 0 Å². The van der Waals surface area contributed by atoms with Gasteiger partial charge in [0.15, 0.2) is 0 Å². The molecule has 0 aliphatic carbocycles. The lowest BCUT2D eigenvalue weighted by Crippen LogP contribution is -2.33. The topological polar surface area (TPSA) is 54.5 Å². The van der Waals surface area contributed by atoms with Crippen molar-refractivity contribution in [3.63, 3.8) is 0 Å². The van der Waals surface area contributed by atoms with Crippen LogP contribution in [0.15, 0.2) is 22.7 Å². The van der Waals surface area contributed by atoms with Gasteiger partial charge < -0.3 is 0 Å². The summed E-state index contributed by atoms with van der Waals surface area (Å²) < 4.78 is 0.578. The van der Waals surface area contributed by atoms with Crippen molar-refractivity contribution in [3.05, 3.63) is 33.8 Å². The Balaban J connectivity index is 2.48. The summed E-state index contributed by atoms with van der Waals surface area (Å²) in [7, 11) is 0. The predicted octanol–water partition coefficient (Wildman–Crippen LogP) is 1.63. The molecule has 5 heteroatoms. The van der Waals surface area contributed by atoms with Gasteiger partial charge >= 0.3 is 0 Å². The largest absolute Gasteiger partial charge is 0.298 e. The minimum atomic E-state index is -0.414. The van der Waals surface area contributed by atoms with Gasteiger partial charge in [0.1, 0.15) is 5.78 Å². The van der Waals surface area contributed by atoms with E-state index < -0.39 is 11.8 Å². The van der Waals surface area contributed by atoms with E-state index in [-0.39, 0.29) is 12.3 Å². The third-order valence-electron chi connectivity index (χ3n) is 2.33. The number of imide groups is 1. The lowest BCUT2D eigenvalue weighted by molar-refractivity contribution is -0.117. The van der Waals surface area contributed by atoms with E-state index in [1.165, 1.54) is 6.92 Å². The number of fused-ring (bicyclic) bond motifs is 1. The summed E-state index contributed by atoms with van der Waals surface area (Å²) in [6, 6.07) is 4.97. The predicted molar refractivity (Wildman–Crippen MR) is 60.2 cm³/mol. The molecule has 0 fully saturated rings. The van der Waals surface area contributed by atoms with Crippen LogP contribution in [0.4, 0.5) is 0 Å². The van der Waals surface area contributed by atoms with Crippen molar-refractivity contribution in [2.24, 2.45) is 0 Å². The summed E-state index contributed by atoms with van der Waals surface area (Å²) in [6.07, 6.45) is 0. The molecule has 0 N–H and O–H groups in total. The van der Waals surface area contributed by atoms with Gasteiger partial charge in [-0.3, -0.25) is 19.3 Å². The molecule has 0 saturated heterocycles. The van der Waals surface area contributed by atoms with Gasteiger partial charge in [-0.15, -0.1) is 0 Å². The Labute approximate surface area is 100 Å². The van der Waals surface area contributed by atoms with Crippen molar-refractivity contribution in [2.75, 3.05) is 6.54 Å². The van der Waals surface area contributed by atoms with Crippen LogP contribution in [0.25, 0.3) is 0 Å². The van der Waals surface area contributed by atoms with Crippen LogP contribution in [-0.2, 0) is 4.79 Å². The van der Waals surface area contributed by atoms with Crippen LogP contribution in [-0.4, -0.2) is 29.0 Å². The van der Waals surface area contributed by atoms with E-state index in [1.807, 2.05) is 0 Å². The smallest absolute Gasteiger partial charge is 0.263 e. The number of carbonyl (C=O) groups excluding carboxylic acids is 3. The van der Waals surface area contributed by atoms with Crippen LogP contribution < -0.4 is 0 Å². The number of carbonyl (C=O) groups is 3. The van der Waals surface area contributed by atoms with Crippen LogP contribution in [0, 0.1) is 0 Å². The SMILES string of the molecule is CC(=O)CN1C(=O)c2cccc(Br)c2C1=O. The molecule has 16 heavy (non-hydrogen) atoms. The van der Waals surface area contributed by atoms with Gasteiger partial charge in [-0.1, -0.05) is 6.07 Å². The van der Waals surface area contributed by atoms with Crippen molar-refractivity contribution < 1.29 is 14.4 Å². The van der Waals surface area contributed by atoms with Crippen LogP contribution >= 0.6 is 15.9 Å². The Kier molecular flexibility index (Phi) is 2.63. The molecule has 0 radical (unpaired) electrons. The molecule has 0 atom stereocenters. The first-order valence-corrected chi connectivity index (χ1v) is 5.46. The molecular formula is C11H8BrNO3. The molecule has 2 rings (SSSR count). The van der Waals surface area contributed by atoms with Crippen LogP contribution in [0.3, 0.4) is 0 Å². The van der Waals surface area contributed by atoms with Gasteiger partial charge in [-0.25, -0.2) is 0 Å². The van der Waals surface area contributed by atoms with Crippen LogP contribution in [0.1, 0.15) is 27.6 Å². The molecule has 0 saturated carbocycles. The molecule has 2 amide bonds. The average molecular weight is 282 g/mol. The summed E-state index contributed by atoms with van der Waals surface area (Å²) in [4.78, 5) is 35.7. The van der Waals surface area contributed by atoms with E-state index in [0.29, 0.717) is 15.6 Å². The molecule has 82 valence electrons. The van der Waals surface area contributed by atoms with E-state index in [0.717, 1.165) is 4.90 Å². The molecule has 1 aliphatic rings. The maximum atomic E-state index is 11.9. The first-order chi connectivity index (χ1) is 7.52. The van der Waals surface area contributed by atoms with E-state index in [4.69, 9.17) is 0 Å². The highest BCUT2D eigenvalue weighted by molar-refractivity contribution is 9.10. The number of halogens is 1. The zero-order valence-corrected chi connectivity index (χ0v) is 10.1. The molecule has 1 aliphatic heterocycles. The third kappa shape index (κ3) is 1.57. The number of nitrogens with zero attached hydrogens (tertiary/aromatic N) is 1. The minimum Gasteiger partial charge on any atom is -0.298 e. The fourth-order valence-corrected chi connectivity index (χ4v) is 2.19. The summed E-state index contributed by atoms with van der Waals surface area (Å²) >= 11 is 3.22. The number of ketones is 1. The van der Waals surface area contributed by atoms with E-state index in [9.17, 15) is 14.4 Å². The van der Waals surface area contributed by atoms with E-state index in [1.54, 1.807) is 18.2 Å². The number of benzene rings is 1. The number of amides is 2. The fraction of sp³-hybridized carbons (Fsp3) is 0.182. The first-order valence-electron chi connectivity index (χ1n) is 4.66. The van der Waals surface area contributed by atoms with E-state index >= 15 is 0 Å². The van der Waals surface area contributed by atoms with Gasteiger partial charge in [0.05, 0.1) is 17.7 Å². The molecule has 0 bridgehead atoms. The van der Waals surface area contributed by atoms with Crippen LogP contribution in [0.5, 0.6) is 0 Å². The number of hydrogen-bond donors (Lipinski definition) is 0. The number of Topliss-reactive ketones (excluding diaryl/α,β-unsaturated/α-hetero) is 1. The number of rotatable bonds is 2. The lowest BCUT2D eigenvalue weighted by atomic mass is 10.1. The maximum Gasteiger partial charge on any atom is 0.263 e. The van der Waals surface area contributed by atoms with Crippen molar-refractivity contribution >= 4 is 33.5 Å². The van der Waals surface area contributed by atoms with Gasteiger partial charge in [-0.2, -0.15) is 0 Å². The van der Waals surface area contributed by atoms with Gasteiger partial charge in [0, 0.05) is 4.47 Å². The minimum absolute atomic E-state index is 0.168. The Morgan fingerprint density at radius 1 is 1.31 bits per heavy atom. The van der Waals surface area contributed by atoms with Crippen molar-refractivity contribution in [1.82, 2.24) is 4.90 Å². The second-order valence-corrected chi connectivity index (χ2v) is 4.42. The molecule has 1 aromatic rings. The Morgan fingerprint density at radius 2 is 2.00 bits per heavy atom. The molecule has 1 heterocycles. The Hall–Kier alpha value is -1.49. The van der Waals surface area contributed by atoms with Gasteiger partial charge in [0.25, 0.3) is 11.8 Å². The van der Waals surface area contributed by atoms with Crippen molar-refractivity contribution in [2.45, 2.75) is 6.92 Å². The summed E-state index contributed by atoms with van der Waals surface area (Å²) in [6.45, 7) is 1.18. The molecule has 4 nitrogen and oxygen atoms in total.